The molecule has 2 amide bonds. The molecule has 1 aromatic heterocycles. The molecule has 0 aliphatic heterocycles. The summed E-state index contributed by atoms with van der Waals surface area (Å²) in [5.41, 5.74) is 0.721. The number of hydrogen-bond donors (Lipinski definition) is 2. The van der Waals surface area contributed by atoms with Gasteiger partial charge in [-0.25, -0.2) is 9.78 Å². The lowest BCUT2D eigenvalue weighted by atomic mass is 10.3. The van der Waals surface area contributed by atoms with Gasteiger partial charge in [0.2, 0.25) is 0 Å². The van der Waals surface area contributed by atoms with Crippen molar-refractivity contribution in [2.45, 2.75) is 0 Å². The van der Waals surface area contributed by atoms with Gasteiger partial charge in [-0.05, 0) is 24.3 Å². The number of amides is 2. The average molecular weight is 248 g/mol. The molecule has 0 spiro atoms. The van der Waals surface area contributed by atoms with E-state index in [1.807, 2.05) is 18.2 Å². The average Bonchev–Trinajstić information content (AvgIpc) is 2.33. The fraction of sp³-hybridized carbons (Fsp3) is 0. The summed E-state index contributed by atoms with van der Waals surface area (Å²) < 4.78 is 0. The van der Waals surface area contributed by atoms with E-state index in [4.69, 9.17) is 11.6 Å². The number of halogens is 1. The molecule has 17 heavy (non-hydrogen) atoms. The molecule has 2 rings (SSSR count). The number of urea groups is 1. The third-order valence-corrected chi connectivity index (χ3v) is 2.22. The van der Waals surface area contributed by atoms with Gasteiger partial charge in [0.1, 0.15) is 5.82 Å². The van der Waals surface area contributed by atoms with Gasteiger partial charge in [-0.3, -0.25) is 5.32 Å². The topological polar surface area (TPSA) is 54.0 Å². The smallest absolute Gasteiger partial charge is 0.308 e. The molecule has 2 N–H and O–H groups in total. The van der Waals surface area contributed by atoms with Crippen LogP contribution in [0.2, 0.25) is 5.02 Å². The molecule has 4 nitrogen and oxygen atoms in total. The van der Waals surface area contributed by atoms with E-state index in [1.54, 1.807) is 24.3 Å². The number of pyridine rings is 1. The van der Waals surface area contributed by atoms with E-state index in [-0.39, 0.29) is 6.03 Å². The Labute approximate surface area is 104 Å². The first-order valence-corrected chi connectivity index (χ1v) is 5.36. The minimum Gasteiger partial charge on any atom is -0.308 e. The molecular weight excluding hydrogens is 238 g/mol. The quantitative estimate of drug-likeness (QED) is 0.855. The largest absolute Gasteiger partial charge is 0.324 e. The van der Waals surface area contributed by atoms with Gasteiger partial charge in [-0.1, -0.05) is 29.8 Å². The number of carbonyl (C=O) groups excluding carboxylic acids is 1. The molecule has 0 radical (unpaired) electrons. The zero-order valence-electron chi connectivity index (χ0n) is 8.85. The van der Waals surface area contributed by atoms with E-state index in [0.29, 0.717) is 10.8 Å². The first-order chi connectivity index (χ1) is 8.24. The summed E-state index contributed by atoms with van der Waals surface area (Å²) in [6.07, 6.45) is 1.47. The second-order valence-corrected chi connectivity index (χ2v) is 3.74. The zero-order chi connectivity index (χ0) is 12.1. The van der Waals surface area contributed by atoms with Crippen LogP contribution in [-0.2, 0) is 0 Å². The minimum absolute atomic E-state index is 0.342. The Morgan fingerprint density at radius 2 is 1.82 bits per heavy atom. The Bertz CT molecular complexity index is 499. The minimum atomic E-state index is -0.342. The summed E-state index contributed by atoms with van der Waals surface area (Å²) in [7, 11) is 0. The van der Waals surface area contributed by atoms with Crippen LogP contribution in [0.5, 0.6) is 0 Å². The number of para-hydroxylation sites is 1. The number of rotatable bonds is 2. The van der Waals surface area contributed by atoms with Crippen LogP contribution in [-0.4, -0.2) is 11.0 Å². The molecule has 0 atom stereocenters. The highest BCUT2D eigenvalue weighted by Gasteiger charge is 2.02. The van der Waals surface area contributed by atoms with Crippen molar-refractivity contribution in [1.29, 1.82) is 0 Å². The number of hydrogen-bond acceptors (Lipinski definition) is 2. The van der Waals surface area contributed by atoms with Crippen molar-refractivity contribution in [2.75, 3.05) is 10.6 Å². The van der Waals surface area contributed by atoms with Crippen LogP contribution in [0.1, 0.15) is 0 Å². The van der Waals surface area contributed by atoms with Crippen molar-refractivity contribution in [1.82, 2.24) is 4.98 Å². The molecule has 0 unspecified atom stereocenters. The van der Waals surface area contributed by atoms with Crippen molar-refractivity contribution in [3.63, 3.8) is 0 Å². The standard InChI is InChI=1S/C12H10ClN3O/c13-9-6-7-11(14-8-9)16-12(17)15-10-4-2-1-3-5-10/h1-8H,(H2,14,15,16,17). The van der Waals surface area contributed by atoms with Crippen LogP contribution in [0.4, 0.5) is 16.3 Å². The summed E-state index contributed by atoms with van der Waals surface area (Å²) in [5, 5.41) is 5.81. The van der Waals surface area contributed by atoms with Gasteiger partial charge >= 0.3 is 6.03 Å². The highest BCUT2D eigenvalue weighted by Crippen LogP contribution is 2.10. The van der Waals surface area contributed by atoms with Crippen LogP contribution in [0.15, 0.2) is 48.7 Å². The van der Waals surface area contributed by atoms with Gasteiger partial charge in [0.25, 0.3) is 0 Å². The SMILES string of the molecule is O=C(Nc1ccccc1)Nc1ccc(Cl)cn1. The predicted octanol–water partition coefficient (Wildman–Crippen LogP) is 3.38. The Kier molecular flexibility index (Phi) is 3.57. The van der Waals surface area contributed by atoms with E-state index < -0.39 is 0 Å². The highest BCUT2D eigenvalue weighted by atomic mass is 35.5. The first-order valence-electron chi connectivity index (χ1n) is 4.98. The lowest BCUT2D eigenvalue weighted by molar-refractivity contribution is 0.262. The van der Waals surface area contributed by atoms with Crippen LogP contribution in [0.25, 0.3) is 0 Å². The van der Waals surface area contributed by atoms with Crippen LogP contribution >= 0.6 is 11.6 Å². The summed E-state index contributed by atoms with van der Waals surface area (Å²) in [6, 6.07) is 12.1. The van der Waals surface area contributed by atoms with E-state index in [0.717, 1.165) is 5.69 Å². The number of nitrogens with zero attached hydrogens (tertiary/aromatic N) is 1. The van der Waals surface area contributed by atoms with Gasteiger partial charge in [0.05, 0.1) is 5.02 Å². The zero-order valence-corrected chi connectivity index (χ0v) is 9.61. The fourth-order valence-electron chi connectivity index (χ4n) is 1.25. The molecule has 5 heteroatoms. The van der Waals surface area contributed by atoms with Gasteiger partial charge in [-0.15, -0.1) is 0 Å². The third-order valence-electron chi connectivity index (χ3n) is 2.00. The fourth-order valence-corrected chi connectivity index (χ4v) is 1.36. The molecule has 0 aliphatic carbocycles. The molecule has 86 valence electrons. The van der Waals surface area contributed by atoms with Crippen molar-refractivity contribution >= 4 is 29.1 Å². The lowest BCUT2D eigenvalue weighted by Crippen LogP contribution is -2.19. The summed E-state index contributed by atoms with van der Waals surface area (Å²) in [6.45, 7) is 0. The van der Waals surface area contributed by atoms with Crippen LogP contribution in [0.3, 0.4) is 0 Å². The maximum Gasteiger partial charge on any atom is 0.324 e. The van der Waals surface area contributed by atoms with Gasteiger partial charge < -0.3 is 5.32 Å². The Balaban J connectivity index is 1.96. The predicted molar refractivity (Wildman–Crippen MR) is 68.3 cm³/mol. The first kappa shape index (κ1) is 11.4. The maximum atomic E-state index is 11.6. The van der Waals surface area contributed by atoms with Gasteiger partial charge in [-0.2, -0.15) is 0 Å². The summed E-state index contributed by atoms with van der Waals surface area (Å²) in [5.74, 6) is 0.447. The molecule has 1 heterocycles. The lowest BCUT2D eigenvalue weighted by Gasteiger charge is -2.06. The Morgan fingerprint density at radius 3 is 2.47 bits per heavy atom. The molecule has 1 aromatic carbocycles. The monoisotopic (exact) mass is 247 g/mol. The maximum absolute atomic E-state index is 11.6. The second kappa shape index (κ2) is 5.32. The molecular formula is C12H10ClN3O. The normalized spacial score (nSPS) is 9.71. The number of benzene rings is 1. The van der Waals surface area contributed by atoms with E-state index in [2.05, 4.69) is 15.6 Å². The van der Waals surface area contributed by atoms with E-state index in [9.17, 15) is 4.79 Å². The number of aromatic nitrogens is 1. The highest BCUT2D eigenvalue weighted by molar-refractivity contribution is 6.30. The van der Waals surface area contributed by atoms with Crippen LogP contribution < -0.4 is 10.6 Å². The number of anilines is 2. The second-order valence-electron chi connectivity index (χ2n) is 3.31. The summed E-state index contributed by atoms with van der Waals surface area (Å²) in [4.78, 5) is 15.5. The molecule has 2 aromatic rings. The van der Waals surface area contributed by atoms with E-state index in [1.165, 1.54) is 6.20 Å². The third kappa shape index (κ3) is 3.46. The van der Waals surface area contributed by atoms with Gasteiger partial charge in [0.15, 0.2) is 0 Å². The van der Waals surface area contributed by atoms with Crippen molar-refractivity contribution in [3.05, 3.63) is 53.7 Å². The number of nitrogens with one attached hydrogen (secondary N) is 2. The molecule has 0 saturated heterocycles. The Hall–Kier alpha value is -2.07. The molecule has 0 fully saturated rings. The molecule has 0 aliphatic rings. The van der Waals surface area contributed by atoms with Crippen LogP contribution in [0, 0.1) is 0 Å². The van der Waals surface area contributed by atoms with Crippen molar-refractivity contribution in [3.8, 4) is 0 Å². The molecule has 0 saturated carbocycles. The molecule has 0 bridgehead atoms. The van der Waals surface area contributed by atoms with Crippen molar-refractivity contribution in [2.24, 2.45) is 0 Å². The van der Waals surface area contributed by atoms with E-state index >= 15 is 0 Å². The van der Waals surface area contributed by atoms with Crippen molar-refractivity contribution < 1.29 is 4.79 Å². The Morgan fingerprint density at radius 1 is 1.06 bits per heavy atom. The van der Waals surface area contributed by atoms with Gasteiger partial charge in [0, 0.05) is 11.9 Å². The summed E-state index contributed by atoms with van der Waals surface area (Å²) >= 11 is 5.69. The number of carbonyl (C=O) groups is 1.